The molecule has 1 heterocycles. The average Bonchev–Trinajstić information content (AvgIpc) is 2.92. The summed E-state index contributed by atoms with van der Waals surface area (Å²) in [5.41, 5.74) is 9.58. The molecule has 0 unspecified atom stereocenters. The van der Waals surface area contributed by atoms with Gasteiger partial charge >= 0.3 is 0 Å². The van der Waals surface area contributed by atoms with Crippen molar-refractivity contribution in [2.45, 2.75) is 32.0 Å². The van der Waals surface area contributed by atoms with Gasteiger partial charge in [-0.3, -0.25) is 4.79 Å². The van der Waals surface area contributed by atoms with Gasteiger partial charge in [-0.1, -0.05) is 42.5 Å². The number of aliphatic hydroxyl groups excluding tert-OH is 1. The lowest BCUT2D eigenvalue weighted by Gasteiger charge is -2.18. The molecule has 0 bridgehead atoms. The Morgan fingerprint density at radius 3 is 2.50 bits per heavy atom. The number of carbonyl (C=O) groups is 1. The summed E-state index contributed by atoms with van der Waals surface area (Å²) in [7, 11) is 0. The lowest BCUT2D eigenvalue weighted by atomic mass is 10.0. The number of nitrogens with zero attached hydrogens (tertiary/aromatic N) is 1. The van der Waals surface area contributed by atoms with Gasteiger partial charge in [0.1, 0.15) is 17.4 Å². The van der Waals surface area contributed by atoms with Gasteiger partial charge in [-0.25, -0.2) is 9.37 Å². The number of aromatic nitrogens is 1. The summed E-state index contributed by atoms with van der Waals surface area (Å²) in [6, 6.07) is 22.1. The summed E-state index contributed by atoms with van der Waals surface area (Å²) in [5, 5.41) is 25.9. The second-order valence-electron chi connectivity index (χ2n) is 9.28. The van der Waals surface area contributed by atoms with Crippen LogP contribution < -0.4 is 16.4 Å². The molecule has 0 aliphatic rings. The number of nitrogens with one attached hydrogen (secondary N) is 2. The van der Waals surface area contributed by atoms with E-state index in [1.54, 1.807) is 60.8 Å². The number of nitrogen functional groups attached to an aromatic ring is 1. The van der Waals surface area contributed by atoms with E-state index in [0.717, 1.165) is 11.1 Å². The van der Waals surface area contributed by atoms with Crippen LogP contribution in [0.3, 0.4) is 0 Å². The highest BCUT2D eigenvalue weighted by atomic mass is 19.1. The largest absolute Gasteiger partial charge is 0.508 e. The zero-order valence-corrected chi connectivity index (χ0v) is 21.1. The molecule has 0 spiro atoms. The Hall–Kier alpha value is -4.27. The first-order valence-electron chi connectivity index (χ1n) is 12.4. The molecule has 2 atom stereocenters. The highest BCUT2D eigenvalue weighted by Crippen LogP contribution is 2.24. The zero-order chi connectivity index (χ0) is 27.1. The van der Waals surface area contributed by atoms with Crippen LogP contribution in [-0.4, -0.2) is 33.7 Å². The third kappa shape index (κ3) is 7.15. The molecule has 3 aromatic carbocycles. The fourth-order valence-electron chi connectivity index (χ4n) is 4.11. The molecule has 38 heavy (non-hydrogen) atoms. The number of hydrogen-bond acceptors (Lipinski definition) is 6. The second kappa shape index (κ2) is 12.3. The van der Waals surface area contributed by atoms with Crippen LogP contribution in [0.4, 0.5) is 10.2 Å². The van der Waals surface area contributed by atoms with E-state index in [-0.39, 0.29) is 24.2 Å². The standard InChI is InChI=1S/C30H31FN4O3/c1-19(33-18-28(37)25-9-12-29(32)34-17-25)13-20-3-2-4-23(14-20)30(38)35-16-24-6-5-22(15-27(24)31)21-7-10-26(36)11-8-21/h2-12,14-15,17,19,28,33,36-37H,13,16,18H2,1H3,(H2,32,34)(H,35,38)/t19-,28+/m1/s1. The fourth-order valence-corrected chi connectivity index (χ4v) is 4.11. The number of anilines is 1. The predicted octanol–water partition coefficient (Wildman–Crippen LogP) is 4.36. The monoisotopic (exact) mass is 514 g/mol. The van der Waals surface area contributed by atoms with Crippen molar-refractivity contribution in [3.63, 3.8) is 0 Å². The van der Waals surface area contributed by atoms with Crippen molar-refractivity contribution in [1.29, 1.82) is 0 Å². The molecule has 4 rings (SSSR count). The summed E-state index contributed by atoms with van der Waals surface area (Å²) in [6.45, 7) is 2.41. The van der Waals surface area contributed by atoms with Crippen molar-refractivity contribution in [2.24, 2.45) is 0 Å². The summed E-state index contributed by atoms with van der Waals surface area (Å²) in [4.78, 5) is 16.8. The molecule has 6 N–H and O–H groups in total. The molecule has 0 radical (unpaired) electrons. The molecule has 0 saturated carbocycles. The first kappa shape index (κ1) is 26.8. The number of aromatic hydroxyl groups is 1. The van der Waals surface area contributed by atoms with Gasteiger partial charge in [-0.2, -0.15) is 0 Å². The minimum atomic E-state index is -0.710. The molecule has 8 heteroatoms. The molecule has 0 aliphatic heterocycles. The summed E-state index contributed by atoms with van der Waals surface area (Å²) >= 11 is 0. The molecular formula is C30H31FN4O3. The van der Waals surface area contributed by atoms with Crippen LogP contribution >= 0.6 is 0 Å². The van der Waals surface area contributed by atoms with Crippen LogP contribution in [0.5, 0.6) is 5.75 Å². The van der Waals surface area contributed by atoms with Crippen molar-refractivity contribution < 1.29 is 19.4 Å². The molecule has 4 aromatic rings. The quantitative estimate of drug-likeness (QED) is 0.215. The van der Waals surface area contributed by atoms with Crippen molar-refractivity contribution in [1.82, 2.24) is 15.6 Å². The van der Waals surface area contributed by atoms with Gasteiger partial charge in [-0.15, -0.1) is 0 Å². The minimum absolute atomic E-state index is 0.0471. The minimum Gasteiger partial charge on any atom is -0.508 e. The molecule has 1 amide bonds. The van der Waals surface area contributed by atoms with E-state index in [0.29, 0.717) is 41.0 Å². The van der Waals surface area contributed by atoms with Crippen molar-refractivity contribution in [3.8, 4) is 16.9 Å². The Kier molecular flexibility index (Phi) is 8.68. The van der Waals surface area contributed by atoms with Crippen LogP contribution in [0.15, 0.2) is 85.1 Å². The summed E-state index contributed by atoms with van der Waals surface area (Å²) in [6.07, 6.45) is 1.50. The van der Waals surface area contributed by atoms with E-state index >= 15 is 0 Å². The van der Waals surface area contributed by atoms with Crippen LogP contribution in [0.2, 0.25) is 0 Å². The Bertz CT molecular complexity index is 1380. The van der Waals surface area contributed by atoms with Crippen LogP contribution in [0, 0.1) is 5.82 Å². The number of phenolic OH excluding ortho intramolecular Hbond substituents is 1. The van der Waals surface area contributed by atoms with Crippen molar-refractivity contribution in [2.75, 3.05) is 12.3 Å². The van der Waals surface area contributed by atoms with E-state index in [9.17, 15) is 19.4 Å². The fraction of sp³-hybridized carbons (Fsp3) is 0.200. The lowest BCUT2D eigenvalue weighted by molar-refractivity contribution is 0.0950. The maximum absolute atomic E-state index is 14.7. The lowest BCUT2D eigenvalue weighted by Crippen LogP contribution is -2.32. The number of aliphatic hydroxyl groups is 1. The SMILES string of the molecule is C[C@H](Cc1cccc(C(=O)NCc2ccc(-c3ccc(O)cc3)cc2F)c1)NC[C@H](O)c1ccc(N)nc1. The average molecular weight is 515 g/mol. The van der Waals surface area contributed by atoms with Crippen LogP contribution in [0.25, 0.3) is 11.1 Å². The van der Waals surface area contributed by atoms with Crippen LogP contribution in [0.1, 0.15) is 40.1 Å². The first-order chi connectivity index (χ1) is 18.3. The number of hydrogen-bond donors (Lipinski definition) is 5. The number of amides is 1. The van der Waals surface area contributed by atoms with Gasteiger partial charge in [-0.05, 0) is 66.4 Å². The number of phenols is 1. The highest BCUT2D eigenvalue weighted by Gasteiger charge is 2.13. The van der Waals surface area contributed by atoms with Gasteiger partial charge in [0.25, 0.3) is 5.91 Å². The molecule has 0 saturated heterocycles. The molecule has 7 nitrogen and oxygen atoms in total. The van der Waals surface area contributed by atoms with E-state index in [2.05, 4.69) is 15.6 Å². The zero-order valence-electron chi connectivity index (χ0n) is 21.1. The van der Waals surface area contributed by atoms with E-state index in [4.69, 9.17) is 5.73 Å². The number of rotatable bonds is 10. The highest BCUT2D eigenvalue weighted by molar-refractivity contribution is 5.94. The number of pyridine rings is 1. The Morgan fingerprint density at radius 1 is 1.03 bits per heavy atom. The van der Waals surface area contributed by atoms with Gasteiger partial charge < -0.3 is 26.6 Å². The molecule has 196 valence electrons. The molecule has 0 aliphatic carbocycles. The van der Waals surface area contributed by atoms with Crippen molar-refractivity contribution >= 4 is 11.7 Å². The smallest absolute Gasteiger partial charge is 0.251 e. The maximum atomic E-state index is 14.7. The van der Waals surface area contributed by atoms with E-state index in [1.807, 2.05) is 25.1 Å². The van der Waals surface area contributed by atoms with Gasteiger partial charge in [0.2, 0.25) is 0 Å². The number of carbonyl (C=O) groups excluding carboxylic acids is 1. The van der Waals surface area contributed by atoms with Gasteiger partial charge in [0.15, 0.2) is 0 Å². The van der Waals surface area contributed by atoms with Crippen LogP contribution in [-0.2, 0) is 13.0 Å². The second-order valence-corrected chi connectivity index (χ2v) is 9.28. The molecule has 1 aromatic heterocycles. The Morgan fingerprint density at radius 2 is 1.79 bits per heavy atom. The maximum Gasteiger partial charge on any atom is 0.251 e. The number of nitrogens with two attached hydrogens (primary N) is 1. The molecular weight excluding hydrogens is 483 g/mol. The third-order valence-electron chi connectivity index (χ3n) is 6.28. The number of benzene rings is 3. The Labute approximate surface area is 221 Å². The van der Waals surface area contributed by atoms with Gasteiger partial charge in [0, 0.05) is 42.0 Å². The molecule has 0 fully saturated rings. The van der Waals surface area contributed by atoms with Gasteiger partial charge in [0.05, 0.1) is 6.10 Å². The summed E-state index contributed by atoms with van der Waals surface area (Å²) < 4.78 is 14.7. The van der Waals surface area contributed by atoms with Crippen molar-refractivity contribution in [3.05, 3.63) is 113 Å². The number of halogens is 1. The van der Waals surface area contributed by atoms with E-state index < -0.39 is 11.9 Å². The normalized spacial score (nSPS) is 12.6. The first-order valence-corrected chi connectivity index (χ1v) is 12.4. The topological polar surface area (TPSA) is 120 Å². The Balaban J connectivity index is 1.30. The predicted molar refractivity (Wildman–Crippen MR) is 146 cm³/mol. The summed E-state index contributed by atoms with van der Waals surface area (Å²) in [5.74, 6) is -0.156. The third-order valence-corrected chi connectivity index (χ3v) is 6.28. The van der Waals surface area contributed by atoms with E-state index in [1.165, 1.54) is 6.07 Å².